The average Bonchev–Trinajstić information content (AvgIpc) is 2.95. The molecule has 0 saturated heterocycles. The molecule has 1 aromatic carbocycles. The summed E-state index contributed by atoms with van der Waals surface area (Å²) in [5.41, 5.74) is 1.97. The molecule has 0 aliphatic rings. The molecule has 0 radical (unpaired) electrons. The molecule has 0 bridgehead atoms. The Morgan fingerprint density at radius 2 is 2.00 bits per heavy atom. The smallest absolute Gasteiger partial charge is 0.220 e. The Bertz CT molecular complexity index is 601. The van der Waals surface area contributed by atoms with Crippen molar-refractivity contribution in [3.8, 4) is 0 Å². The molecular formula is C19H29N3O. The summed E-state index contributed by atoms with van der Waals surface area (Å²) >= 11 is 0. The normalized spacial score (nSPS) is 15.3. The first-order valence-corrected chi connectivity index (χ1v) is 8.79. The second kappa shape index (κ2) is 8.14. The van der Waals surface area contributed by atoms with E-state index in [1.807, 2.05) is 24.3 Å². The van der Waals surface area contributed by atoms with Gasteiger partial charge in [0.1, 0.15) is 5.82 Å². The third-order valence-corrected chi connectivity index (χ3v) is 4.55. The SMILES string of the molecule is CCCC(C)CC(=O)NC(c1nc2ccccc2[nH]1)C(C)CC. The first-order valence-electron chi connectivity index (χ1n) is 8.79. The molecule has 1 amide bonds. The fourth-order valence-corrected chi connectivity index (χ4v) is 2.98. The van der Waals surface area contributed by atoms with Crippen LogP contribution in [0.4, 0.5) is 0 Å². The Labute approximate surface area is 139 Å². The van der Waals surface area contributed by atoms with E-state index in [4.69, 9.17) is 0 Å². The maximum absolute atomic E-state index is 12.4. The number of carbonyl (C=O) groups excluding carboxylic acids is 1. The van der Waals surface area contributed by atoms with Crippen molar-refractivity contribution in [2.45, 2.75) is 59.4 Å². The van der Waals surface area contributed by atoms with Gasteiger partial charge in [-0.05, 0) is 24.0 Å². The number of benzene rings is 1. The number of fused-ring (bicyclic) bond motifs is 1. The van der Waals surface area contributed by atoms with Gasteiger partial charge >= 0.3 is 0 Å². The van der Waals surface area contributed by atoms with Crippen molar-refractivity contribution >= 4 is 16.9 Å². The Balaban J connectivity index is 2.15. The predicted molar refractivity (Wildman–Crippen MR) is 95.1 cm³/mol. The van der Waals surface area contributed by atoms with Gasteiger partial charge < -0.3 is 10.3 Å². The standard InChI is InChI=1S/C19H29N3O/c1-5-9-13(3)12-17(23)22-18(14(4)6-2)19-20-15-10-7-8-11-16(15)21-19/h7-8,10-11,13-14,18H,5-6,9,12H2,1-4H3,(H,20,21)(H,22,23). The Morgan fingerprint density at radius 1 is 1.26 bits per heavy atom. The lowest BCUT2D eigenvalue weighted by atomic mass is 9.97. The number of hydrogen-bond donors (Lipinski definition) is 2. The molecule has 3 unspecified atom stereocenters. The average molecular weight is 315 g/mol. The molecule has 0 fully saturated rings. The molecular weight excluding hydrogens is 286 g/mol. The topological polar surface area (TPSA) is 57.8 Å². The van der Waals surface area contributed by atoms with Crippen molar-refractivity contribution in [1.29, 1.82) is 0 Å². The molecule has 1 aromatic heterocycles. The summed E-state index contributed by atoms with van der Waals surface area (Å²) in [6, 6.07) is 7.93. The minimum atomic E-state index is -0.0614. The number of aromatic nitrogens is 2. The van der Waals surface area contributed by atoms with Crippen LogP contribution in [-0.2, 0) is 4.79 Å². The summed E-state index contributed by atoms with van der Waals surface area (Å²) in [7, 11) is 0. The minimum Gasteiger partial charge on any atom is -0.346 e. The van der Waals surface area contributed by atoms with Gasteiger partial charge in [-0.3, -0.25) is 4.79 Å². The number of hydrogen-bond acceptors (Lipinski definition) is 2. The van der Waals surface area contributed by atoms with E-state index in [2.05, 4.69) is 43.0 Å². The molecule has 0 saturated carbocycles. The number of H-pyrrole nitrogens is 1. The number of carbonyl (C=O) groups is 1. The van der Waals surface area contributed by atoms with Gasteiger partial charge in [-0.1, -0.05) is 59.1 Å². The highest BCUT2D eigenvalue weighted by molar-refractivity contribution is 5.77. The largest absolute Gasteiger partial charge is 0.346 e. The fraction of sp³-hybridized carbons (Fsp3) is 0.579. The maximum atomic E-state index is 12.4. The van der Waals surface area contributed by atoms with Crippen molar-refractivity contribution < 1.29 is 4.79 Å². The summed E-state index contributed by atoms with van der Waals surface area (Å²) < 4.78 is 0. The van der Waals surface area contributed by atoms with Gasteiger partial charge in [-0.2, -0.15) is 0 Å². The molecule has 23 heavy (non-hydrogen) atoms. The molecule has 0 spiro atoms. The van der Waals surface area contributed by atoms with Crippen molar-refractivity contribution in [2.24, 2.45) is 11.8 Å². The molecule has 2 N–H and O–H groups in total. The van der Waals surface area contributed by atoms with E-state index in [0.717, 1.165) is 36.1 Å². The van der Waals surface area contributed by atoms with Crippen LogP contribution in [0.25, 0.3) is 11.0 Å². The lowest BCUT2D eigenvalue weighted by Gasteiger charge is -2.23. The van der Waals surface area contributed by atoms with Gasteiger partial charge in [-0.25, -0.2) is 4.98 Å². The van der Waals surface area contributed by atoms with Gasteiger partial charge in [-0.15, -0.1) is 0 Å². The summed E-state index contributed by atoms with van der Waals surface area (Å²) in [4.78, 5) is 20.4. The molecule has 3 atom stereocenters. The predicted octanol–water partition coefficient (Wildman–Crippen LogP) is 4.59. The zero-order chi connectivity index (χ0) is 16.8. The fourth-order valence-electron chi connectivity index (χ4n) is 2.98. The van der Waals surface area contributed by atoms with Gasteiger partial charge in [0, 0.05) is 6.42 Å². The molecule has 2 rings (SSSR count). The number of amides is 1. The minimum absolute atomic E-state index is 0.0614. The number of aromatic amines is 1. The zero-order valence-electron chi connectivity index (χ0n) is 14.7. The summed E-state index contributed by atoms with van der Waals surface area (Å²) in [5.74, 6) is 1.74. The van der Waals surface area contributed by atoms with E-state index in [1.54, 1.807) is 0 Å². The van der Waals surface area contributed by atoms with Crippen LogP contribution in [-0.4, -0.2) is 15.9 Å². The number of para-hydroxylation sites is 2. The van der Waals surface area contributed by atoms with Crippen LogP contribution < -0.4 is 5.32 Å². The number of imidazole rings is 1. The van der Waals surface area contributed by atoms with Gasteiger partial charge in [0.15, 0.2) is 0 Å². The van der Waals surface area contributed by atoms with Crippen molar-refractivity contribution in [3.05, 3.63) is 30.1 Å². The van der Waals surface area contributed by atoms with Crippen LogP contribution >= 0.6 is 0 Å². The van der Waals surface area contributed by atoms with E-state index >= 15 is 0 Å². The van der Waals surface area contributed by atoms with Gasteiger partial charge in [0.05, 0.1) is 17.1 Å². The highest BCUT2D eigenvalue weighted by atomic mass is 16.1. The Kier molecular flexibility index (Phi) is 6.20. The van der Waals surface area contributed by atoms with Crippen LogP contribution in [0.1, 0.15) is 65.2 Å². The lowest BCUT2D eigenvalue weighted by Crippen LogP contribution is -2.34. The van der Waals surface area contributed by atoms with Crippen LogP contribution in [0, 0.1) is 11.8 Å². The van der Waals surface area contributed by atoms with Crippen LogP contribution in [0.15, 0.2) is 24.3 Å². The van der Waals surface area contributed by atoms with Crippen LogP contribution in [0.5, 0.6) is 0 Å². The van der Waals surface area contributed by atoms with Gasteiger partial charge in [0.25, 0.3) is 0 Å². The van der Waals surface area contributed by atoms with E-state index in [-0.39, 0.29) is 11.9 Å². The first kappa shape index (κ1) is 17.5. The van der Waals surface area contributed by atoms with Gasteiger partial charge in [0.2, 0.25) is 5.91 Å². The number of nitrogens with one attached hydrogen (secondary N) is 2. The molecule has 4 heteroatoms. The molecule has 2 aromatic rings. The van der Waals surface area contributed by atoms with E-state index < -0.39 is 0 Å². The Hall–Kier alpha value is -1.84. The number of rotatable bonds is 8. The van der Waals surface area contributed by atoms with E-state index in [0.29, 0.717) is 18.3 Å². The molecule has 126 valence electrons. The zero-order valence-corrected chi connectivity index (χ0v) is 14.7. The second-order valence-electron chi connectivity index (χ2n) is 6.67. The molecule has 4 nitrogen and oxygen atoms in total. The number of nitrogens with zero attached hydrogens (tertiary/aromatic N) is 1. The van der Waals surface area contributed by atoms with Crippen molar-refractivity contribution in [2.75, 3.05) is 0 Å². The van der Waals surface area contributed by atoms with Crippen molar-refractivity contribution in [1.82, 2.24) is 15.3 Å². The van der Waals surface area contributed by atoms with E-state index in [9.17, 15) is 4.79 Å². The quantitative estimate of drug-likeness (QED) is 0.748. The third-order valence-electron chi connectivity index (χ3n) is 4.55. The van der Waals surface area contributed by atoms with Crippen LogP contribution in [0.3, 0.4) is 0 Å². The highest BCUT2D eigenvalue weighted by Gasteiger charge is 2.24. The molecule has 1 heterocycles. The van der Waals surface area contributed by atoms with E-state index in [1.165, 1.54) is 0 Å². The first-order chi connectivity index (χ1) is 11.0. The maximum Gasteiger partial charge on any atom is 0.220 e. The van der Waals surface area contributed by atoms with Crippen molar-refractivity contribution in [3.63, 3.8) is 0 Å². The lowest BCUT2D eigenvalue weighted by molar-refractivity contribution is -0.123. The summed E-state index contributed by atoms with van der Waals surface area (Å²) in [6.45, 7) is 8.60. The Morgan fingerprint density at radius 3 is 2.65 bits per heavy atom. The highest BCUT2D eigenvalue weighted by Crippen LogP contribution is 2.25. The van der Waals surface area contributed by atoms with Crippen LogP contribution in [0.2, 0.25) is 0 Å². The molecule has 0 aliphatic heterocycles. The second-order valence-corrected chi connectivity index (χ2v) is 6.67. The third kappa shape index (κ3) is 4.57. The molecule has 0 aliphatic carbocycles. The summed E-state index contributed by atoms with van der Waals surface area (Å²) in [6.07, 6.45) is 3.78. The summed E-state index contributed by atoms with van der Waals surface area (Å²) in [5, 5.41) is 3.20. The monoisotopic (exact) mass is 315 g/mol.